The number of carbonyl (C=O) groups is 1. The third-order valence-electron chi connectivity index (χ3n) is 3.51. The Bertz CT molecular complexity index is 199. The second-order valence-electron chi connectivity index (χ2n) is 5.39. The van der Waals surface area contributed by atoms with Crippen molar-refractivity contribution in [3.63, 3.8) is 0 Å². The number of rotatable bonds is 13. The van der Waals surface area contributed by atoms with Crippen LogP contribution in [0.25, 0.3) is 0 Å². The van der Waals surface area contributed by atoms with E-state index in [1.54, 1.807) is 0 Å². The van der Waals surface area contributed by atoms with Crippen LogP contribution >= 0.6 is 0 Å². The smallest absolute Gasteiger partial charge is 0.222 e. The van der Waals surface area contributed by atoms with Gasteiger partial charge in [-0.05, 0) is 32.2 Å². The second-order valence-corrected chi connectivity index (χ2v) is 5.39. The van der Waals surface area contributed by atoms with Crippen LogP contribution in [-0.2, 0) is 4.79 Å². The highest BCUT2D eigenvalue weighted by molar-refractivity contribution is 5.76. The second kappa shape index (κ2) is 13.9. The van der Waals surface area contributed by atoms with Crippen molar-refractivity contribution in [1.82, 2.24) is 4.90 Å². The Hall–Kier alpha value is -0.570. The van der Waals surface area contributed by atoms with E-state index in [2.05, 4.69) is 18.7 Å². The first-order valence-corrected chi connectivity index (χ1v) is 8.24. The molecule has 0 aliphatic rings. The predicted octanol–water partition coefficient (Wildman–Crippen LogP) is 3.71. The van der Waals surface area contributed by atoms with E-state index in [0.29, 0.717) is 5.91 Å². The number of nitrogens with two attached hydrogens (primary N) is 1. The van der Waals surface area contributed by atoms with Gasteiger partial charge in [-0.3, -0.25) is 4.79 Å². The molecule has 3 heteroatoms. The van der Waals surface area contributed by atoms with Crippen LogP contribution in [0.1, 0.15) is 78.1 Å². The monoisotopic (exact) mass is 270 g/mol. The summed E-state index contributed by atoms with van der Waals surface area (Å²) in [4.78, 5) is 14.2. The molecule has 0 spiro atoms. The van der Waals surface area contributed by atoms with Crippen LogP contribution in [0.4, 0.5) is 0 Å². The third-order valence-corrected chi connectivity index (χ3v) is 3.51. The van der Waals surface area contributed by atoms with Crippen LogP contribution in [0.3, 0.4) is 0 Å². The number of hydrogen-bond donors (Lipinski definition) is 1. The molecule has 0 saturated heterocycles. The van der Waals surface area contributed by atoms with Gasteiger partial charge in [-0.15, -0.1) is 0 Å². The van der Waals surface area contributed by atoms with Gasteiger partial charge >= 0.3 is 0 Å². The fraction of sp³-hybridized carbons (Fsp3) is 0.938. The first kappa shape index (κ1) is 18.4. The van der Waals surface area contributed by atoms with Crippen LogP contribution in [0.5, 0.6) is 0 Å². The largest absolute Gasteiger partial charge is 0.343 e. The van der Waals surface area contributed by atoms with Gasteiger partial charge < -0.3 is 10.6 Å². The summed E-state index contributed by atoms with van der Waals surface area (Å²) in [5, 5.41) is 0. The highest BCUT2D eigenvalue weighted by atomic mass is 16.2. The topological polar surface area (TPSA) is 46.3 Å². The molecule has 114 valence electrons. The van der Waals surface area contributed by atoms with Crippen molar-refractivity contribution < 1.29 is 4.79 Å². The summed E-state index contributed by atoms with van der Waals surface area (Å²) in [5.41, 5.74) is 5.46. The zero-order valence-corrected chi connectivity index (χ0v) is 13.1. The number of carbonyl (C=O) groups excluding carboxylic acids is 1. The van der Waals surface area contributed by atoms with Crippen LogP contribution in [0, 0.1) is 0 Å². The van der Waals surface area contributed by atoms with E-state index in [1.165, 1.54) is 19.3 Å². The zero-order valence-electron chi connectivity index (χ0n) is 13.1. The van der Waals surface area contributed by atoms with Gasteiger partial charge in [0.05, 0.1) is 0 Å². The maximum Gasteiger partial charge on any atom is 0.222 e. The SMILES string of the molecule is CCCCN(CCCC)C(=O)CCCCCCCN. The molecule has 19 heavy (non-hydrogen) atoms. The van der Waals surface area contributed by atoms with Crippen molar-refractivity contribution in [2.45, 2.75) is 78.1 Å². The van der Waals surface area contributed by atoms with E-state index in [-0.39, 0.29) is 0 Å². The lowest BCUT2D eigenvalue weighted by atomic mass is 10.1. The Morgan fingerprint density at radius 2 is 1.37 bits per heavy atom. The minimum atomic E-state index is 0.362. The quantitative estimate of drug-likeness (QED) is 0.519. The first-order chi connectivity index (χ1) is 9.26. The van der Waals surface area contributed by atoms with Gasteiger partial charge in [0.25, 0.3) is 0 Å². The van der Waals surface area contributed by atoms with Crippen molar-refractivity contribution in [1.29, 1.82) is 0 Å². The third kappa shape index (κ3) is 11.0. The van der Waals surface area contributed by atoms with Crippen molar-refractivity contribution >= 4 is 5.91 Å². The van der Waals surface area contributed by atoms with Crippen molar-refractivity contribution in [2.75, 3.05) is 19.6 Å². The molecule has 0 radical (unpaired) electrons. The summed E-state index contributed by atoms with van der Waals surface area (Å²) < 4.78 is 0. The number of unbranched alkanes of at least 4 members (excludes halogenated alkanes) is 6. The molecule has 0 heterocycles. The first-order valence-electron chi connectivity index (χ1n) is 8.24. The molecular weight excluding hydrogens is 236 g/mol. The molecule has 3 nitrogen and oxygen atoms in total. The molecule has 0 atom stereocenters. The summed E-state index contributed by atoms with van der Waals surface area (Å²) in [7, 11) is 0. The fourth-order valence-corrected chi connectivity index (χ4v) is 2.17. The maximum atomic E-state index is 12.1. The average molecular weight is 270 g/mol. The van der Waals surface area contributed by atoms with Crippen molar-refractivity contribution in [2.24, 2.45) is 5.73 Å². The van der Waals surface area contributed by atoms with Gasteiger partial charge in [-0.2, -0.15) is 0 Å². The standard InChI is InChI=1S/C16H34N2O/c1-3-5-14-18(15-6-4-2)16(19)12-10-8-7-9-11-13-17/h3-15,17H2,1-2H3. The minimum absolute atomic E-state index is 0.362. The van der Waals surface area contributed by atoms with Gasteiger partial charge in [-0.25, -0.2) is 0 Å². The molecule has 0 bridgehead atoms. The molecule has 0 fully saturated rings. The Morgan fingerprint density at radius 3 is 1.89 bits per heavy atom. The maximum absolute atomic E-state index is 12.1. The molecule has 0 saturated carbocycles. The van der Waals surface area contributed by atoms with Crippen LogP contribution in [0.2, 0.25) is 0 Å². The molecule has 0 aliphatic carbocycles. The van der Waals surface area contributed by atoms with Gasteiger partial charge in [0.15, 0.2) is 0 Å². The van der Waals surface area contributed by atoms with E-state index in [0.717, 1.165) is 64.6 Å². The minimum Gasteiger partial charge on any atom is -0.343 e. The lowest BCUT2D eigenvalue weighted by Gasteiger charge is -2.22. The number of nitrogens with zero attached hydrogens (tertiary/aromatic N) is 1. The molecule has 0 aliphatic heterocycles. The van der Waals surface area contributed by atoms with E-state index in [9.17, 15) is 4.79 Å². The zero-order chi connectivity index (χ0) is 14.3. The van der Waals surface area contributed by atoms with E-state index >= 15 is 0 Å². The normalized spacial score (nSPS) is 10.7. The molecule has 0 unspecified atom stereocenters. The van der Waals surface area contributed by atoms with Crippen LogP contribution in [0.15, 0.2) is 0 Å². The molecule has 0 aromatic rings. The molecule has 0 rings (SSSR count). The summed E-state index contributed by atoms with van der Waals surface area (Å²) in [5.74, 6) is 0.362. The highest BCUT2D eigenvalue weighted by Gasteiger charge is 2.11. The van der Waals surface area contributed by atoms with Gasteiger partial charge in [-0.1, -0.05) is 46.0 Å². The summed E-state index contributed by atoms with van der Waals surface area (Å²) in [6.07, 6.45) is 11.1. The lowest BCUT2D eigenvalue weighted by molar-refractivity contribution is -0.131. The number of amides is 1. The molecule has 0 aromatic heterocycles. The van der Waals surface area contributed by atoms with E-state index in [4.69, 9.17) is 5.73 Å². The van der Waals surface area contributed by atoms with Gasteiger partial charge in [0.1, 0.15) is 0 Å². The average Bonchev–Trinajstić information content (AvgIpc) is 2.42. The van der Waals surface area contributed by atoms with Crippen molar-refractivity contribution in [3.05, 3.63) is 0 Å². The van der Waals surface area contributed by atoms with E-state index < -0.39 is 0 Å². The van der Waals surface area contributed by atoms with Crippen LogP contribution in [-0.4, -0.2) is 30.4 Å². The van der Waals surface area contributed by atoms with Gasteiger partial charge in [0.2, 0.25) is 5.91 Å². The Morgan fingerprint density at radius 1 is 0.842 bits per heavy atom. The fourth-order valence-electron chi connectivity index (χ4n) is 2.17. The summed E-state index contributed by atoms with van der Waals surface area (Å²) in [6, 6.07) is 0. The summed E-state index contributed by atoms with van der Waals surface area (Å²) >= 11 is 0. The van der Waals surface area contributed by atoms with E-state index in [1.807, 2.05) is 0 Å². The molecule has 1 amide bonds. The lowest BCUT2D eigenvalue weighted by Crippen LogP contribution is -2.32. The molecule has 2 N–H and O–H groups in total. The Balaban J connectivity index is 3.76. The van der Waals surface area contributed by atoms with Crippen LogP contribution < -0.4 is 5.73 Å². The Labute approximate surface area is 119 Å². The molecular formula is C16H34N2O. The Kier molecular flexibility index (Phi) is 13.4. The number of hydrogen-bond acceptors (Lipinski definition) is 2. The van der Waals surface area contributed by atoms with Crippen molar-refractivity contribution in [3.8, 4) is 0 Å². The predicted molar refractivity (Wildman–Crippen MR) is 83.2 cm³/mol. The summed E-state index contributed by atoms with van der Waals surface area (Å²) in [6.45, 7) is 7.05. The highest BCUT2D eigenvalue weighted by Crippen LogP contribution is 2.08. The molecule has 0 aromatic carbocycles. The van der Waals surface area contributed by atoms with Gasteiger partial charge in [0, 0.05) is 19.5 Å².